The maximum atomic E-state index is 13.4. The van der Waals surface area contributed by atoms with Crippen LogP contribution in [-0.4, -0.2) is 11.7 Å². The van der Waals surface area contributed by atoms with Gasteiger partial charge in [0.25, 0.3) is 0 Å². The van der Waals surface area contributed by atoms with Gasteiger partial charge in [0.2, 0.25) is 5.91 Å². The number of ketones is 1. The Morgan fingerprint density at radius 2 is 1.79 bits per heavy atom. The molecule has 0 radical (unpaired) electrons. The molecule has 1 unspecified atom stereocenters. The van der Waals surface area contributed by atoms with E-state index in [1.165, 1.54) is 0 Å². The number of carbonyl (C=O) groups is 2. The first-order valence-electron chi connectivity index (χ1n) is 9.99. The molecule has 0 spiro atoms. The van der Waals surface area contributed by atoms with E-state index in [1.54, 1.807) is 0 Å². The SMILES string of the molecule is Cc1ccc(C2C3=C(CCCC3=O)Nc3ccccc3N2C(=O)C(C)C)cc1. The number of nitrogens with zero attached hydrogens (tertiary/aromatic N) is 1. The first-order valence-corrected chi connectivity index (χ1v) is 9.99. The van der Waals surface area contributed by atoms with E-state index in [4.69, 9.17) is 0 Å². The van der Waals surface area contributed by atoms with Crippen LogP contribution in [0, 0.1) is 12.8 Å². The minimum absolute atomic E-state index is 0.0203. The topological polar surface area (TPSA) is 49.4 Å². The second kappa shape index (κ2) is 7.27. The number of rotatable bonds is 2. The molecular weight excluding hydrogens is 348 g/mol. The Bertz CT molecular complexity index is 957. The zero-order valence-electron chi connectivity index (χ0n) is 16.7. The molecule has 144 valence electrons. The summed E-state index contributed by atoms with van der Waals surface area (Å²) in [6.45, 7) is 5.86. The predicted octanol–water partition coefficient (Wildman–Crippen LogP) is 5.16. The predicted molar refractivity (Wildman–Crippen MR) is 112 cm³/mol. The molecule has 1 amide bonds. The molecule has 0 bridgehead atoms. The molecule has 2 aromatic rings. The van der Waals surface area contributed by atoms with E-state index in [1.807, 2.05) is 74.2 Å². The van der Waals surface area contributed by atoms with Gasteiger partial charge >= 0.3 is 0 Å². The summed E-state index contributed by atoms with van der Waals surface area (Å²) in [5, 5.41) is 3.49. The van der Waals surface area contributed by atoms with E-state index >= 15 is 0 Å². The Labute approximate surface area is 166 Å². The second-order valence-corrected chi connectivity index (χ2v) is 7.99. The first-order chi connectivity index (χ1) is 13.5. The van der Waals surface area contributed by atoms with E-state index in [0.717, 1.165) is 46.6 Å². The van der Waals surface area contributed by atoms with Gasteiger partial charge in [-0.1, -0.05) is 55.8 Å². The zero-order chi connectivity index (χ0) is 19.8. The molecule has 4 rings (SSSR count). The van der Waals surface area contributed by atoms with Crippen LogP contribution in [0.4, 0.5) is 11.4 Å². The van der Waals surface area contributed by atoms with Crippen LogP contribution in [0.2, 0.25) is 0 Å². The smallest absolute Gasteiger partial charge is 0.230 e. The second-order valence-electron chi connectivity index (χ2n) is 7.99. The van der Waals surface area contributed by atoms with Gasteiger partial charge in [-0.15, -0.1) is 0 Å². The van der Waals surface area contributed by atoms with Crippen molar-refractivity contribution in [3.8, 4) is 0 Å². The molecule has 1 aliphatic heterocycles. The summed E-state index contributed by atoms with van der Waals surface area (Å²) >= 11 is 0. The van der Waals surface area contributed by atoms with Gasteiger partial charge in [0.15, 0.2) is 5.78 Å². The molecule has 28 heavy (non-hydrogen) atoms. The number of para-hydroxylation sites is 2. The number of fused-ring (bicyclic) bond motifs is 1. The van der Waals surface area contributed by atoms with Crippen molar-refractivity contribution in [1.29, 1.82) is 0 Å². The number of allylic oxidation sites excluding steroid dienone is 1. The Morgan fingerprint density at radius 3 is 2.50 bits per heavy atom. The van der Waals surface area contributed by atoms with Crippen LogP contribution in [0.15, 0.2) is 59.8 Å². The molecule has 1 heterocycles. The van der Waals surface area contributed by atoms with Crippen molar-refractivity contribution in [2.45, 2.75) is 46.1 Å². The van der Waals surface area contributed by atoms with E-state index < -0.39 is 6.04 Å². The maximum Gasteiger partial charge on any atom is 0.230 e. The third kappa shape index (κ3) is 3.13. The number of hydrogen-bond acceptors (Lipinski definition) is 3. The van der Waals surface area contributed by atoms with Crippen LogP contribution in [-0.2, 0) is 9.59 Å². The van der Waals surface area contributed by atoms with Crippen LogP contribution < -0.4 is 10.2 Å². The van der Waals surface area contributed by atoms with Crippen LogP contribution in [0.1, 0.15) is 50.3 Å². The van der Waals surface area contributed by atoms with Gasteiger partial charge in [-0.2, -0.15) is 0 Å². The highest BCUT2D eigenvalue weighted by Gasteiger charge is 2.39. The van der Waals surface area contributed by atoms with Crippen molar-refractivity contribution in [3.05, 3.63) is 70.9 Å². The minimum Gasteiger partial charge on any atom is -0.357 e. The number of amides is 1. The normalized spacial score (nSPS) is 19.1. The Balaban J connectivity index is 2.00. The lowest BCUT2D eigenvalue weighted by atomic mass is 9.85. The van der Waals surface area contributed by atoms with Crippen molar-refractivity contribution in [3.63, 3.8) is 0 Å². The lowest BCUT2D eigenvalue weighted by Crippen LogP contribution is -2.40. The monoisotopic (exact) mass is 374 g/mol. The summed E-state index contributed by atoms with van der Waals surface area (Å²) in [6, 6.07) is 15.6. The quantitative estimate of drug-likeness (QED) is 0.790. The van der Waals surface area contributed by atoms with Crippen molar-refractivity contribution in [2.24, 2.45) is 5.92 Å². The molecule has 1 N–H and O–H groups in total. The average molecular weight is 374 g/mol. The van der Waals surface area contributed by atoms with Crippen molar-refractivity contribution in [2.75, 3.05) is 10.2 Å². The molecule has 4 heteroatoms. The third-order valence-corrected chi connectivity index (χ3v) is 5.56. The molecular formula is C24H26N2O2. The van der Waals surface area contributed by atoms with Gasteiger partial charge in [0.05, 0.1) is 17.4 Å². The number of aryl methyl sites for hydroxylation is 1. The van der Waals surface area contributed by atoms with Crippen LogP contribution in [0.25, 0.3) is 0 Å². The number of hydrogen-bond donors (Lipinski definition) is 1. The minimum atomic E-state index is -0.408. The van der Waals surface area contributed by atoms with Crippen LogP contribution in [0.3, 0.4) is 0 Å². The molecule has 2 aliphatic rings. The van der Waals surface area contributed by atoms with Gasteiger partial charge in [0, 0.05) is 23.6 Å². The summed E-state index contributed by atoms with van der Waals surface area (Å²) in [5.74, 6) is -0.0255. The van der Waals surface area contributed by atoms with E-state index in [0.29, 0.717) is 6.42 Å². The van der Waals surface area contributed by atoms with Gasteiger partial charge in [-0.25, -0.2) is 0 Å². The Morgan fingerprint density at radius 1 is 1.07 bits per heavy atom. The first kappa shape index (κ1) is 18.5. The van der Waals surface area contributed by atoms with Gasteiger partial charge in [0.1, 0.15) is 0 Å². The van der Waals surface area contributed by atoms with Crippen molar-refractivity contribution < 1.29 is 9.59 Å². The average Bonchev–Trinajstić information content (AvgIpc) is 2.83. The molecule has 2 aromatic carbocycles. The van der Waals surface area contributed by atoms with Gasteiger partial charge in [-0.05, 0) is 37.5 Å². The Hall–Kier alpha value is -2.88. The van der Waals surface area contributed by atoms with Crippen LogP contribution in [0.5, 0.6) is 0 Å². The highest BCUT2D eigenvalue weighted by Crippen LogP contribution is 2.45. The molecule has 0 saturated heterocycles. The number of Topliss-reactive ketones (excluding diaryl/α,β-unsaturated/α-hetero) is 1. The van der Waals surface area contributed by atoms with E-state index in [-0.39, 0.29) is 17.6 Å². The van der Waals surface area contributed by atoms with E-state index in [2.05, 4.69) is 5.32 Å². The highest BCUT2D eigenvalue weighted by atomic mass is 16.2. The molecule has 0 saturated carbocycles. The summed E-state index contributed by atoms with van der Waals surface area (Å²) < 4.78 is 0. The number of anilines is 2. The summed E-state index contributed by atoms with van der Waals surface area (Å²) in [5.41, 5.74) is 5.53. The van der Waals surface area contributed by atoms with Gasteiger partial charge < -0.3 is 5.32 Å². The number of benzene rings is 2. The molecule has 4 nitrogen and oxygen atoms in total. The summed E-state index contributed by atoms with van der Waals surface area (Å²) in [4.78, 5) is 28.3. The fraction of sp³-hybridized carbons (Fsp3) is 0.333. The van der Waals surface area contributed by atoms with E-state index in [9.17, 15) is 9.59 Å². The Kier molecular flexibility index (Phi) is 4.80. The van der Waals surface area contributed by atoms with Gasteiger partial charge in [-0.3, -0.25) is 14.5 Å². The maximum absolute atomic E-state index is 13.4. The molecule has 1 atom stereocenters. The number of carbonyl (C=O) groups excluding carboxylic acids is 2. The van der Waals surface area contributed by atoms with Crippen molar-refractivity contribution >= 4 is 23.1 Å². The lowest BCUT2D eigenvalue weighted by molar-refractivity contribution is -0.121. The van der Waals surface area contributed by atoms with Crippen LogP contribution >= 0.6 is 0 Å². The fourth-order valence-electron chi connectivity index (χ4n) is 4.12. The lowest BCUT2D eigenvalue weighted by Gasteiger charge is -2.35. The fourth-order valence-corrected chi connectivity index (χ4v) is 4.12. The molecule has 0 aromatic heterocycles. The van der Waals surface area contributed by atoms with Crippen molar-refractivity contribution in [1.82, 2.24) is 0 Å². The number of nitrogens with one attached hydrogen (secondary N) is 1. The molecule has 0 fully saturated rings. The highest BCUT2D eigenvalue weighted by molar-refractivity contribution is 6.06. The third-order valence-electron chi connectivity index (χ3n) is 5.56. The zero-order valence-corrected chi connectivity index (χ0v) is 16.7. The largest absolute Gasteiger partial charge is 0.357 e. The summed E-state index contributed by atoms with van der Waals surface area (Å²) in [6.07, 6.45) is 2.19. The molecule has 1 aliphatic carbocycles. The standard InChI is InChI=1S/C24H26N2O2/c1-15(2)24(28)26-20-9-5-4-7-18(20)25-19-8-6-10-21(27)22(19)23(26)17-13-11-16(3)12-14-17/h4-5,7,9,11-15,23,25H,6,8,10H2,1-3H3. The summed E-state index contributed by atoms with van der Waals surface area (Å²) in [7, 11) is 0.